The summed E-state index contributed by atoms with van der Waals surface area (Å²) >= 11 is 5.97. The van der Waals surface area contributed by atoms with Crippen LogP contribution in [0, 0.1) is 0 Å². The number of hydrogen-bond donors (Lipinski definition) is 3. The Bertz CT molecular complexity index is 1120. The van der Waals surface area contributed by atoms with E-state index in [1.54, 1.807) is 24.3 Å². The van der Waals surface area contributed by atoms with Gasteiger partial charge < -0.3 is 15.7 Å². The van der Waals surface area contributed by atoms with Gasteiger partial charge in [-0.1, -0.05) is 67.9 Å². The zero-order valence-electron chi connectivity index (χ0n) is 18.5. The number of benzene rings is 3. The number of carbonyl (C=O) groups is 2. The monoisotopic (exact) mass is 492 g/mol. The number of alkyl halides is 3. The predicted molar refractivity (Wildman–Crippen MR) is 127 cm³/mol. The third-order valence-electron chi connectivity index (χ3n) is 4.45. The van der Waals surface area contributed by atoms with Gasteiger partial charge in [0.2, 0.25) is 0 Å². The standard InChI is InChI=1S/C23H23ClN2O.C2HF3O2/c1-16(2)25-15-17-9-11-18(12-10-17)19-5-4-8-22(14-19)26-23(27)20-6-3-7-21(24)13-20;3-2(4,5)1(6)7/h3-14,16,25H,15H2,1-2H3,(H,26,27);(H,6,7). The first-order valence-corrected chi connectivity index (χ1v) is 10.6. The quantitative estimate of drug-likeness (QED) is 0.372. The molecule has 3 aromatic carbocycles. The van der Waals surface area contributed by atoms with E-state index < -0.39 is 12.1 Å². The fourth-order valence-corrected chi connectivity index (χ4v) is 2.94. The van der Waals surface area contributed by atoms with E-state index in [-0.39, 0.29) is 5.91 Å². The molecule has 3 aromatic rings. The number of rotatable bonds is 6. The van der Waals surface area contributed by atoms with Crippen molar-refractivity contribution >= 4 is 29.2 Å². The molecule has 0 spiro atoms. The Kier molecular flexibility index (Phi) is 9.65. The van der Waals surface area contributed by atoms with Gasteiger partial charge in [0.05, 0.1) is 0 Å². The molecule has 1 amide bonds. The van der Waals surface area contributed by atoms with Crippen molar-refractivity contribution in [3.63, 3.8) is 0 Å². The molecule has 5 nitrogen and oxygen atoms in total. The first-order valence-electron chi connectivity index (χ1n) is 10.3. The lowest BCUT2D eigenvalue weighted by molar-refractivity contribution is -0.192. The van der Waals surface area contributed by atoms with E-state index in [4.69, 9.17) is 21.5 Å². The second-order valence-corrected chi connectivity index (χ2v) is 8.02. The number of hydrogen-bond acceptors (Lipinski definition) is 3. The van der Waals surface area contributed by atoms with Crippen LogP contribution in [0.25, 0.3) is 11.1 Å². The zero-order chi connectivity index (χ0) is 25.3. The van der Waals surface area contributed by atoms with Crippen molar-refractivity contribution in [2.75, 3.05) is 5.32 Å². The van der Waals surface area contributed by atoms with E-state index in [2.05, 4.69) is 48.7 Å². The molecule has 0 saturated heterocycles. The summed E-state index contributed by atoms with van der Waals surface area (Å²) in [6.07, 6.45) is -5.08. The minimum absolute atomic E-state index is 0.176. The summed E-state index contributed by atoms with van der Waals surface area (Å²) in [5.41, 5.74) is 4.71. The summed E-state index contributed by atoms with van der Waals surface area (Å²) in [5.74, 6) is -2.93. The van der Waals surface area contributed by atoms with Crippen LogP contribution in [0.2, 0.25) is 5.02 Å². The van der Waals surface area contributed by atoms with Crippen LogP contribution in [-0.4, -0.2) is 29.2 Å². The summed E-state index contributed by atoms with van der Waals surface area (Å²) in [6.45, 7) is 5.13. The Hall–Kier alpha value is -3.36. The maximum absolute atomic E-state index is 12.4. The fraction of sp³-hybridized carbons (Fsp3) is 0.200. The molecule has 0 aliphatic rings. The van der Waals surface area contributed by atoms with Crippen molar-refractivity contribution in [2.24, 2.45) is 0 Å². The molecule has 9 heteroatoms. The molecular formula is C25H24ClF3N2O3. The fourth-order valence-electron chi connectivity index (χ4n) is 2.75. The molecule has 3 N–H and O–H groups in total. The van der Waals surface area contributed by atoms with Gasteiger partial charge in [-0.15, -0.1) is 0 Å². The summed E-state index contributed by atoms with van der Waals surface area (Å²) in [7, 11) is 0. The van der Waals surface area contributed by atoms with Gasteiger partial charge in [0.15, 0.2) is 0 Å². The number of carbonyl (C=O) groups excluding carboxylic acids is 1. The largest absolute Gasteiger partial charge is 0.490 e. The molecule has 0 aromatic heterocycles. The molecule has 0 aliphatic carbocycles. The van der Waals surface area contributed by atoms with Crippen molar-refractivity contribution in [1.29, 1.82) is 0 Å². The smallest absolute Gasteiger partial charge is 0.475 e. The Morgan fingerprint density at radius 1 is 0.941 bits per heavy atom. The number of carboxylic acids is 1. The molecule has 34 heavy (non-hydrogen) atoms. The maximum Gasteiger partial charge on any atom is 0.490 e. The number of aliphatic carboxylic acids is 1. The van der Waals surface area contributed by atoms with Gasteiger partial charge >= 0.3 is 12.1 Å². The Morgan fingerprint density at radius 2 is 1.56 bits per heavy atom. The van der Waals surface area contributed by atoms with Crippen LogP contribution in [0.4, 0.5) is 18.9 Å². The Labute approximate surface area is 200 Å². The van der Waals surface area contributed by atoms with Crippen LogP contribution in [-0.2, 0) is 11.3 Å². The summed E-state index contributed by atoms with van der Waals surface area (Å²) in [5, 5.41) is 14.0. The first kappa shape index (κ1) is 26.9. The van der Waals surface area contributed by atoms with Gasteiger partial charge in [0, 0.05) is 28.9 Å². The van der Waals surface area contributed by atoms with Crippen molar-refractivity contribution in [3.8, 4) is 11.1 Å². The zero-order valence-corrected chi connectivity index (χ0v) is 19.2. The van der Waals surface area contributed by atoms with E-state index in [0.717, 1.165) is 23.4 Å². The lowest BCUT2D eigenvalue weighted by atomic mass is 10.0. The lowest BCUT2D eigenvalue weighted by Crippen LogP contribution is -2.21. The highest BCUT2D eigenvalue weighted by atomic mass is 35.5. The van der Waals surface area contributed by atoms with Crippen molar-refractivity contribution in [3.05, 3.63) is 88.9 Å². The molecule has 0 heterocycles. The molecule has 3 rings (SSSR count). The Balaban J connectivity index is 0.000000509. The highest BCUT2D eigenvalue weighted by Crippen LogP contribution is 2.24. The Morgan fingerprint density at radius 3 is 2.12 bits per heavy atom. The summed E-state index contributed by atoms with van der Waals surface area (Å²) in [6, 6.07) is 23.7. The second-order valence-electron chi connectivity index (χ2n) is 7.58. The predicted octanol–water partition coefficient (Wildman–Crippen LogP) is 6.39. The highest BCUT2D eigenvalue weighted by molar-refractivity contribution is 6.31. The number of halogens is 4. The number of nitrogens with one attached hydrogen (secondary N) is 2. The van der Waals surface area contributed by atoms with Crippen molar-refractivity contribution in [1.82, 2.24) is 5.32 Å². The average molecular weight is 493 g/mol. The topological polar surface area (TPSA) is 78.4 Å². The minimum Gasteiger partial charge on any atom is -0.475 e. The molecule has 0 unspecified atom stereocenters. The van der Waals surface area contributed by atoms with E-state index in [1.165, 1.54) is 5.56 Å². The molecule has 0 radical (unpaired) electrons. The first-order chi connectivity index (χ1) is 16.0. The van der Waals surface area contributed by atoms with Crippen LogP contribution in [0.1, 0.15) is 29.8 Å². The third-order valence-corrected chi connectivity index (χ3v) is 4.69. The van der Waals surface area contributed by atoms with E-state index in [1.807, 2.05) is 24.3 Å². The van der Waals surface area contributed by atoms with Gasteiger partial charge in [-0.25, -0.2) is 4.79 Å². The van der Waals surface area contributed by atoms with E-state index >= 15 is 0 Å². The molecule has 0 fully saturated rings. The van der Waals surface area contributed by atoms with Crippen LogP contribution in [0.5, 0.6) is 0 Å². The van der Waals surface area contributed by atoms with Gasteiger partial charge in [-0.2, -0.15) is 13.2 Å². The normalized spacial score (nSPS) is 10.9. The highest BCUT2D eigenvalue weighted by Gasteiger charge is 2.38. The minimum atomic E-state index is -5.08. The van der Waals surface area contributed by atoms with Gasteiger partial charge in [0.25, 0.3) is 5.91 Å². The van der Waals surface area contributed by atoms with Crippen molar-refractivity contribution in [2.45, 2.75) is 32.6 Å². The molecule has 0 aliphatic heterocycles. The molecule has 180 valence electrons. The molecule has 0 saturated carbocycles. The SMILES string of the molecule is CC(C)NCc1ccc(-c2cccc(NC(=O)c3cccc(Cl)c3)c2)cc1.O=C(O)C(F)(F)F. The third kappa shape index (κ3) is 8.88. The number of carboxylic acid groups (broad SMARTS) is 1. The average Bonchev–Trinajstić information content (AvgIpc) is 2.78. The van der Waals surface area contributed by atoms with Crippen LogP contribution in [0.15, 0.2) is 72.8 Å². The second kappa shape index (κ2) is 12.2. The summed E-state index contributed by atoms with van der Waals surface area (Å²) in [4.78, 5) is 21.3. The van der Waals surface area contributed by atoms with Crippen LogP contribution < -0.4 is 10.6 Å². The molecule has 0 atom stereocenters. The van der Waals surface area contributed by atoms with Crippen molar-refractivity contribution < 1.29 is 27.9 Å². The van der Waals surface area contributed by atoms with Gasteiger partial charge in [-0.05, 0) is 47.0 Å². The van der Waals surface area contributed by atoms with E-state index in [9.17, 15) is 18.0 Å². The van der Waals surface area contributed by atoms with Crippen LogP contribution in [0.3, 0.4) is 0 Å². The maximum atomic E-state index is 12.4. The van der Waals surface area contributed by atoms with E-state index in [0.29, 0.717) is 16.6 Å². The lowest BCUT2D eigenvalue weighted by Gasteiger charge is -2.10. The summed E-state index contributed by atoms with van der Waals surface area (Å²) < 4.78 is 31.7. The molecular weight excluding hydrogens is 469 g/mol. The van der Waals surface area contributed by atoms with Gasteiger partial charge in [0.1, 0.15) is 0 Å². The molecule has 0 bridgehead atoms. The van der Waals surface area contributed by atoms with Gasteiger partial charge in [-0.3, -0.25) is 4.79 Å². The number of anilines is 1. The van der Waals surface area contributed by atoms with Crippen LogP contribution >= 0.6 is 11.6 Å². The number of amides is 1.